The Morgan fingerprint density at radius 1 is 1.53 bits per heavy atom. The molecule has 5 heteroatoms. The molecule has 0 aromatic heterocycles. The van der Waals surface area contributed by atoms with Crippen LogP contribution in [-0.4, -0.2) is 21.0 Å². The Kier molecular flexibility index (Phi) is 3.33. The molecule has 0 atom stereocenters. The minimum atomic E-state index is -0.901. The first-order chi connectivity index (χ1) is 7.20. The third-order valence-electron chi connectivity index (χ3n) is 2.09. The van der Waals surface area contributed by atoms with Gasteiger partial charge in [0.05, 0.1) is 5.57 Å². The molecule has 0 aromatic carbocycles. The summed E-state index contributed by atoms with van der Waals surface area (Å²) in [6, 6.07) is 0. The van der Waals surface area contributed by atoms with Crippen molar-refractivity contribution in [3.8, 4) is 0 Å². The maximum atomic E-state index is 11.1. The molecule has 2 nitrogen and oxygen atoms in total. The van der Waals surface area contributed by atoms with E-state index in [1.165, 1.54) is 0 Å². The van der Waals surface area contributed by atoms with Crippen LogP contribution in [0.25, 0.3) is 0 Å². The van der Waals surface area contributed by atoms with E-state index < -0.39 is 5.97 Å². The number of hydrogen-bond donors (Lipinski definition) is 1. The summed E-state index contributed by atoms with van der Waals surface area (Å²) >= 11 is 8.56. The first-order valence-corrected chi connectivity index (χ1v) is 6.76. The summed E-state index contributed by atoms with van der Waals surface area (Å²) in [5, 5.41) is 12.0. The van der Waals surface area contributed by atoms with Crippen LogP contribution in [-0.2, 0) is 4.79 Å². The van der Waals surface area contributed by atoms with Gasteiger partial charge >= 0.3 is 5.97 Å². The van der Waals surface area contributed by atoms with Gasteiger partial charge in [0.25, 0.3) is 0 Å². The molecule has 0 saturated carbocycles. The van der Waals surface area contributed by atoms with Crippen LogP contribution < -0.4 is 0 Å². The van der Waals surface area contributed by atoms with E-state index in [2.05, 4.69) is 0 Å². The third kappa shape index (κ3) is 2.19. The monoisotopic (exact) mass is 256 g/mol. The van der Waals surface area contributed by atoms with E-state index >= 15 is 0 Å². The highest BCUT2D eigenvalue weighted by Gasteiger charge is 2.23. The van der Waals surface area contributed by atoms with Crippen molar-refractivity contribution in [2.75, 3.05) is 5.08 Å². The number of rotatable bonds is 2. The van der Waals surface area contributed by atoms with Gasteiger partial charge in [0.1, 0.15) is 0 Å². The lowest BCUT2D eigenvalue weighted by atomic mass is 9.97. The van der Waals surface area contributed by atoms with Crippen LogP contribution in [0.4, 0.5) is 0 Å². The molecule has 0 amide bonds. The molecule has 0 fully saturated rings. The lowest BCUT2D eigenvalue weighted by Crippen LogP contribution is -2.12. The fourth-order valence-corrected chi connectivity index (χ4v) is 4.00. The second-order valence-corrected chi connectivity index (χ2v) is 5.77. The number of aliphatic carboxylic acids is 1. The van der Waals surface area contributed by atoms with Crippen molar-refractivity contribution in [2.24, 2.45) is 0 Å². The van der Waals surface area contributed by atoms with Crippen molar-refractivity contribution >= 4 is 46.6 Å². The number of thiocarbonyl (C=S) groups is 1. The van der Waals surface area contributed by atoms with E-state index in [9.17, 15) is 4.79 Å². The van der Waals surface area contributed by atoms with Crippen molar-refractivity contribution in [1.82, 2.24) is 0 Å². The van der Waals surface area contributed by atoms with E-state index in [-0.39, 0.29) is 0 Å². The van der Waals surface area contributed by atoms with Gasteiger partial charge < -0.3 is 5.11 Å². The predicted octanol–water partition coefficient (Wildman–Crippen LogP) is 2.98. The summed E-state index contributed by atoms with van der Waals surface area (Å²) in [5.74, 6) is -0.901. The molecule has 1 heterocycles. The van der Waals surface area contributed by atoms with E-state index in [4.69, 9.17) is 17.3 Å². The van der Waals surface area contributed by atoms with Crippen LogP contribution in [0.15, 0.2) is 33.6 Å². The van der Waals surface area contributed by atoms with Crippen LogP contribution >= 0.6 is 35.7 Å². The molecule has 0 spiro atoms. The number of carboxylic acid groups (broad SMARTS) is 1. The van der Waals surface area contributed by atoms with Crippen molar-refractivity contribution in [3.05, 3.63) is 33.6 Å². The quantitative estimate of drug-likeness (QED) is 0.769. The number of hydrogen-bond acceptors (Lipinski definition) is 4. The van der Waals surface area contributed by atoms with Crippen molar-refractivity contribution in [1.29, 1.82) is 0 Å². The van der Waals surface area contributed by atoms with Gasteiger partial charge in [0.2, 0.25) is 0 Å². The topological polar surface area (TPSA) is 37.3 Å². The maximum absolute atomic E-state index is 11.1. The Morgan fingerprint density at radius 2 is 2.33 bits per heavy atom. The second kappa shape index (κ2) is 4.55. The Bertz CT molecular complexity index is 418. The molecule has 0 bridgehead atoms. The van der Waals surface area contributed by atoms with Gasteiger partial charge in [-0.3, -0.25) is 0 Å². The molecule has 1 N–H and O–H groups in total. The summed E-state index contributed by atoms with van der Waals surface area (Å²) in [6.45, 7) is 0. The Morgan fingerprint density at radius 3 is 2.93 bits per heavy atom. The van der Waals surface area contributed by atoms with Gasteiger partial charge in [-0.1, -0.05) is 24.4 Å². The van der Waals surface area contributed by atoms with Gasteiger partial charge in [-0.05, 0) is 5.41 Å². The SMILES string of the molecule is O=C(O)C1=C(C2=CSCS2)C(=S)CC=C1. The number of carboxylic acids is 1. The average Bonchev–Trinajstić information content (AvgIpc) is 2.70. The van der Waals surface area contributed by atoms with E-state index in [1.54, 1.807) is 29.6 Å². The first kappa shape index (κ1) is 11.0. The molecule has 78 valence electrons. The number of allylic oxidation sites excluding steroid dienone is 2. The summed E-state index contributed by atoms with van der Waals surface area (Å²) < 4.78 is 0. The van der Waals surface area contributed by atoms with E-state index in [1.807, 2.05) is 11.5 Å². The minimum absolute atomic E-state index is 0.326. The Hall–Kier alpha value is -0.520. The molecular weight excluding hydrogens is 248 g/mol. The van der Waals surface area contributed by atoms with Gasteiger partial charge in [-0.15, -0.1) is 23.5 Å². The molecule has 0 aromatic rings. The van der Waals surface area contributed by atoms with Crippen LogP contribution in [0, 0.1) is 0 Å². The van der Waals surface area contributed by atoms with Crippen LogP contribution in [0.5, 0.6) is 0 Å². The molecule has 15 heavy (non-hydrogen) atoms. The molecule has 1 aliphatic carbocycles. The van der Waals surface area contributed by atoms with Gasteiger partial charge in [-0.2, -0.15) is 0 Å². The lowest BCUT2D eigenvalue weighted by molar-refractivity contribution is -0.132. The Labute approximate surface area is 102 Å². The molecule has 0 unspecified atom stereocenters. The summed E-state index contributed by atoms with van der Waals surface area (Å²) in [4.78, 5) is 12.8. The first-order valence-electron chi connectivity index (χ1n) is 4.32. The average molecular weight is 256 g/mol. The third-order valence-corrected chi connectivity index (χ3v) is 4.66. The summed E-state index contributed by atoms with van der Waals surface area (Å²) in [6.07, 6.45) is 4.13. The summed E-state index contributed by atoms with van der Waals surface area (Å²) in [5.41, 5.74) is 1.07. The molecule has 1 aliphatic heterocycles. The highest BCUT2D eigenvalue weighted by molar-refractivity contribution is 8.22. The normalized spacial score (nSPS) is 20.8. The highest BCUT2D eigenvalue weighted by Crippen LogP contribution is 2.40. The van der Waals surface area contributed by atoms with Crippen molar-refractivity contribution < 1.29 is 9.90 Å². The molecule has 0 saturated heterocycles. The standard InChI is InChI=1S/C10H8O2S3/c11-10(12)6-2-1-3-7(13)9(6)8-4-14-5-15-8/h1-2,4H,3,5H2,(H,11,12). The molecule has 2 rings (SSSR count). The Balaban J connectivity index is 2.48. The van der Waals surface area contributed by atoms with E-state index in [0.717, 1.165) is 20.4 Å². The van der Waals surface area contributed by atoms with Gasteiger partial charge in [0.15, 0.2) is 0 Å². The lowest BCUT2D eigenvalue weighted by Gasteiger charge is -2.14. The summed E-state index contributed by atoms with van der Waals surface area (Å²) in [7, 11) is 0. The zero-order valence-electron chi connectivity index (χ0n) is 7.73. The minimum Gasteiger partial charge on any atom is -0.478 e. The fourth-order valence-electron chi connectivity index (χ4n) is 1.44. The molecule has 0 radical (unpaired) electrons. The zero-order valence-corrected chi connectivity index (χ0v) is 10.2. The van der Waals surface area contributed by atoms with Crippen molar-refractivity contribution in [3.63, 3.8) is 0 Å². The largest absolute Gasteiger partial charge is 0.478 e. The van der Waals surface area contributed by atoms with E-state index in [0.29, 0.717) is 12.0 Å². The smallest absolute Gasteiger partial charge is 0.336 e. The van der Waals surface area contributed by atoms with Crippen LogP contribution in [0.3, 0.4) is 0 Å². The van der Waals surface area contributed by atoms with Gasteiger partial charge in [-0.25, -0.2) is 4.79 Å². The molecular formula is C10H8O2S3. The van der Waals surface area contributed by atoms with Crippen molar-refractivity contribution in [2.45, 2.75) is 6.42 Å². The zero-order chi connectivity index (χ0) is 10.8. The van der Waals surface area contributed by atoms with Gasteiger partial charge in [0, 0.05) is 26.8 Å². The number of carbonyl (C=O) groups is 1. The van der Waals surface area contributed by atoms with Crippen LogP contribution in [0.2, 0.25) is 0 Å². The second-order valence-electron chi connectivity index (χ2n) is 3.03. The maximum Gasteiger partial charge on any atom is 0.336 e. The number of thioether (sulfide) groups is 2. The predicted molar refractivity (Wildman–Crippen MR) is 69.1 cm³/mol. The fraction of sp³-hybridized carbons (Fsp3) is 0.200. The molecule has 2 aliphatic rings. The van der Waals surface area contributed by atoms with Crippen LogP contribution in [0.1, 0.15) is 6.42 Å². The highest BCUT2D eigenvalue weighted by atomic mass is 32.2.